The Balaban J connectivity index is 1.83. The number of aryl methyl sites for hydroxylation is 1. The number of hydrazone groups is 1. The highest BCUT2D eigenvalue weighted by atomic mass is 32.1. The van der Waals surface area contributed by atoms with Crippen LogP contribution in [0.5, 0.6) is 0 Å². The van der Waals surface area contributed by atoms with Gasteiger partial charge in [-0.25, -0.2) is 4.39 Å². The molecule has 0 radical (unpaired) electrons. The van der Waals surface area contributed by atoms with Crippen LogP contribution in [-0.2, 0) is 9.59 Å². The van der Waals surface area contributed by atoms with Crippen LogP contribution in [0.4, 0.5) is 15.2 Å². The molecule has 0 saturated heterocycles. The monoisotopic (exact) mass is 348 g/mol. The Morgan fingerprint density at radius 3 is 2.62 bits per heavy atom. The Morgan fingerprint density at radius 2 is 2.04 bits per heavy atom. The van der Waals surface area contributed by atoms with Crippen LogP contribution in [0.2, 0.25) is 0 Å². The van der Waals surface area contributed by atoms with Gasteiger partial charge in [0.05, 0.1) is 5.69 Å². The van der Waals surface area contributed by atoms with Gasteiger partial charge in [-0.15, -0.1) is 10.2 Å². The summed E-state index contributed by atoms with van der Waals surface area (Å²) in [6, 6.07) is 4.59. The van der Waals surface area contributed by atoms with E-state index in [2.05, 4.69) is 20.6 Å². The van der Waals surface area contributed by atoms with Crippen LogP contribution in [0.15, 0.2) is 29.4 Å². The SMILES string of the molecule is Cc1nnc(NC(=O)C2=NN(c3ccc(F)cc3)[C@@H](C(N)=O)C2)s1. The number of hydrogen-bond acceptors (Lipinski definition) is 7. The largest absolute Gasteiger partial charge is 0.368 e. The van der Waals surface area contributed by atoms with Gasteiger partial charge in [0.2, 0.25) is 11.0 Å². The molecule has 3 rings (SSSR count). The zero-order chi connectivity index (χ0) is 17.3. The molecule has 1 atom stereocenters. The van der Waals surface area contributed by atoms with E-state index in [0.29, 0.717) is 15.8 Å². The van der Waals surface area contributed by atoms with E-state index in [9.17, 15) is 14.0 Å². The summed E-state index contributed by atoms with van der Waals surface area (Å²) < 4.78 is 13.1. The minimum absolute atomic E-state index is 0.0519. The third-order valence-electron chi connectivity index (χ3n) is 3.34. The summed E-state index contributed by atoms with van der Waals surface area (Å²) >= 11 is 1.22. The number of nitrogens with one attached hydrogen (secondary N) is 1. The molecule has 0 spiro atoms. The number of primary amides is 1. The lowest BCUT2D eigenvalue weighted by atomic mass is 10.1. The third-order valence-corrected chi connectivity index (χ3v) is 4.09. The molecule has 8 nitrogen and oxygen atoms in total. The van der Waals surface area contributed by atoms with Crippen LogP contribution in [-0.4, -0.2) is 33.8 Å². The first-order chi connectivity index (χ1) is 11.4. The molecule has 1 aliphatic rings. The van der Waals surface area contributed by atoms with E-state index in [1.807, 2.05) is 0 Å². The minimum atomic E-state index is -0.813. The van der Waals surface area contributed by atoms with Gasteiger partial charge in [0.25, 0.3) is 5.91 Å². The van der Waals surface area contributed by atoms with Crippen molar-refractivity contribution < 1.29 is 14.0 Å². The van der Waals surface area contributed by atoms with Gasteiger partial charge in [-0.1, -0.05) is 11.3 Å². The molecule has 0 aliphatic carbocycles. The zero-order valence-corrected chi connectivity index (χ0v) is 13.4. The number of rotatable bonds is 4. The zero-order valence-electron chi connectivity index (χ0n) is 12.6. The van der Waals surface area contributed by atoms with Gasteiger partial charge < -0.3 is 5.73 Å². The second-order valence-corrected chi connectivity index (χ2v) is 6.25. The highest BCUT2D eigenvalue weighted by Crippen LogP contribution is 2.25. The van der Waals surface area contributed by atoms with Crippen molar-refractivity contribution in [2.24, 2.45) is 10.8 Å². The van der Waals surface area contributed by atoms with Gasteiger partial charge in [0.1, 0.15) is 22.6 Å². The molecule has 0 bridgehead atoms. The summed E-state index contributed by atoms with van der Waals surface area (Å²) in [6.45, 7) is 1.76. The van der Waals surface area contributed by atoms with E-state index in [1.54, 1.807) is 6.92 Å². The summed E-state index contributed by atoms with van der Waals surface area (Å²) in [7, 11) is 0. The number of benzene rings is 1. The van der Waals surface area contributed by atoms with Crippen molar-refractivity contribution in [3.63, 3.8) is 0 Å². The summed E-state index contributed by atoms with van der Waals surface area (Å²) in [5.41, 5.74) is 6.00. The van der Waals surface area contributed by atoms with E-state index in [0.717, 1.165) is 0 Å². The van der Waals surface area contributed by atoms with Crippen molar-refractivity contribution in [2.45, 2.75) is 19.4 Å². The third kappa shape index (κ3) is 3.23. The molecule has 1 aromatic heterocycles. The van der Waals surface area contributed by atoms with Gasteiger partial charge in [-0.3, -0.25) is 19.9 Å². The number of nitrogens with two attached hydrogens (primary N) is 1. The predicted octanol–water partition coefficient (Wildman–Crippen LogP) is 1.04. The lowest BCUT2D eigenvalue weighted by molar-refractivity contribution is -0.119. The maximum Gasteiger partial charge on any atom is 0.273 e. The Bertz CT molecular complexity index is 819. The van der Waals surface area contributed by atoms with Crippen molar-refractivity contribution >= 4 is 39.7 Å². The summed E-state index contributed by atoms with van der Waals surface area (Å²) in [5.74, 6) is -1.53. The normalized spacial score (nSPS) is 16.8. The maximum absolute atomic E-state index is 13.1. The highest BCUT2D eigenvalue weighted by molar-refractivity contribution is 7.15. The average molecular weight is 348 g/mol. The van der Waals surface area contributed by atoms with E-state index in [-0.39, 0.29) is 12.1 Å². The van der Waals surface area contributed by atoms with Crippen molar-refractivity contribution in [3.05, 3.63) is 35.1 Å². The Labute approximate surface area is 140 Å². The first kappa shape index (κ1) is 16.0. The summed E-state index contributed by atoms with van der Waals surface area (Å²) in [5, 5.41) is 16.7. The Hall–Kier alpha value is -2.88. The van der Waals surface area contributed by atoms with Crippen LogP contribution in [0, 0.1) is 12.7 Å². The molecule has 0 saturated carbocycles. The number of halogens is 1. The van der Waals surface area contributed by atoms with Crippen LogP contribution in [0.3, 0.4) is 0 Å². The predicted molar refractivity (Wildman–Crippen MR) is 87.2 cm³/mol. The molecular formula is C14H13FN6O2S. The second kappa shape index (κ2) is 6.32. The number of carbonyl (C=O) groups is 2. The Kier molecular flexibility index (Phi) is 4.21. The van der Waals surface area contributed by atoms with Crippen molar-refractivity contribution in [1.82, 2.24) is 10.2 Å². The van der Waals surface area contributed by atoms with Gasteiger partial charge in [-0.2, -0.15) is 5.10 Å². The quantitative estimate of drug-likeness (QED) is 0.857. The fourth-order valence-corrected chi connectivity index (χ4v) is 2.80. The number of anilines is 2. The van der Waals surface area contributed by atoms with Crippen LogP contribution < -0.4 is 16.1 Å². The molecule has 1 aromatic carbocycles. The lowest BCUT2D eigenvalue weighted by Gasteiger charge is -2.20. The fraction of sp³-hybridized carbons (Fsp3) is 0.214. The smallest absolute Gasteiger partial charge is 0.273 e. The topological polar surface area (TPSA) is 114 Å². The number of carbonyl (C=O) groups excluding carboxylic acids is 2. The molecule has 3 N–H and O–H groups in total. The molecule has 0 fully saturated rings. The fourth-order valence-electron chi connectivity index (χ4n) is 2.22. The number of aromatic nitrogens is 2. The van der Waals surface area contributed by atoms with Gasteiger partial charge in [0, 0.05) is 6.42 Å². The Morgan fingerprint density at radius 1 is 1.33 bits per heavy atom. The molecule has 2 heterocycles. The number of nitrogens with zero attached hydrogens (tertiary/aromatic N) is 4. The molecule has 2 aromatic rings. The van der Waals surface area contributed by atoms with Crippen molar-refractivity contribution in [1.29, 1.82) is 0 Å². The standard InChI is InChI=1S/C14H13FN6O2S/c1-7-18-19-14(24-7)17-13(23)10-6-11(12(16)22)21(20-10)9-4-2-8(15)3-5-9/h2-5,11H,6H2,1H3,(H2,16,22)(H,17,19,23)/t11-/m1/s1. The lowest BCUT2D eigenvalue weighted by Crippen LogP contribution is -2.39. The van der Waals surface area contributed by atoms with Crippen LogP contribution in [0.25, 0.3) is 0 Å². The van der Waals surface area contributed by atoms with Gasteiger partial charge >= 0.3 is 0 Å². The molecule has 1 aliphatic heterocycles. The van der Waals surface area contributed by atoms with Crippen LogP contribution in [0.1, 0.15) is 11.4 Å². The molecule has 124 valence electrons. The van der Waals surface area contributed by atoms with Gasteiger partial charge in [0.15, 0.2) is 0 Å². The molecular weight excluding hydrogens is 335 g/mol. The number of amides is 2. The molecule has 24 heavy (non-hydrogen) atoms. The van der Waals surface area contributed by atoms with Gasteiger partial charge in [-0.05, 0) is 31.2 Å². The summed E-state index contributed by atoms with van der Waals surface area (Å²) in [6.07, 6.45) is 0.0519. The van der Waals surface area contributed by atoms with E-state index in [1.165, 1.54) is 40.6 Å². The molecule has 0 unspecified atom stereocenters. The van der Waals surface area contributed by atoms with E-state index >= 15 is 0 Å². The minimum Gasteiger partial charge on any atom is -0.368 e. The highest BCUT2D eigenvalue weighted by Gasteiger charge is 2.35. The number of hydrogen-bond donors (Lipinski definition) is 2. The first-order valence-electron chi connectivity index (χ1n) is 6.97. The maximum atomic E-state index is 13.1. The molecule has 2 amide bonds. The second-order valence-electron chi connectivity index (χ2n) is 5.07. The first-order valence-corrected chi connectivity index (χ1v) is 7.79. The van der Waals surface area contributed by atoms with E-state index in [4.69, 9.17) is 5.73 Å². The van der Waals surface area contributed by atoms with Crippen molar-refractivity contribution in [3.8, 4) is 0 Å². The van der Waals surface area contributed by atoms with E-state index < -0.39 is 23.7 Å². The average Bonchev–Trinajstić information content (AvgIpc) is 3.15. The van der Waals surface area contributed by atoms with Crippen molar-refractivity contribution in [2.75, 3.05) is 10.3 Å². The summed E-state index contributed by atoms with van der Waals surface area (Å²) in [4.78, 5) is 23.9. The molecule has 10 heteroatoms. The van der Waals surface area contributed by atoms with Crippen LogP contribution >= 0.6 is 11.3 Å².